The SMILES string of the molecule is CNC(CC1CCC1)C1CCC(C)C1. The fourth-order valence-electron chi connectivity index (χ4n) is 3.25. The quantitative estimate of drug-likeness (QED) is 0.726. The van der Waals surface area contributed by atoms with Crippen LogP contribution in [0.15, 0.2) is 0 Å². The summed E-state index contributed by atoms with van der Waals surface area (Å²) >= 11 is 0. The monoisotopic (exact) mass is 195 g/mol. The van der Waals surface area contributed by atoms with Crippen LogP contribution in [0, 0.1) is 17.8 Å². The first-order chi connectivity index (χ1) is 6.79. The van der Waals surface area contributed by atoms with Crippen LogP contribution < -0.4 is 5.32 Å². The van der Waals surface area contributed by atoms with Crippen LogP contribution in [0.5, 0.6) is 0 Å². The van der Waals surface area contributed by atoms with Crippen molar-refractivity contribution in [2.75, 3.05) is 7.05 Å². The zero-order valence-electron chi connectivity index (χ0n) is 9.76. The van der Waals surface area contributed by atoms with Crippen molar-refractivity contribution in [3.8, 4) is 0 Å². The van der Waals surface area contributed by atoms with E-state index in [0.29, 0.717) is 0 Å². The smallest absolute Gasteiger partial charge is 0.00950 e. The van der Waals surface area contributed by atoms with Gasteiger partial charge in [0.1, 0.15) is 0 Å². The fraction of sp³-hybridized carbons (Fsp3) is 1.00. The van der Waals surface area contributed by atoms with E-state index in [4.69, 9.17) is 0 Å². The van der Waals surface area contributed by atoms with Gasteiger partial charge >= 0.3 is 0 Å². The molecule has 2 rings (SSSR count). The lowest BCUT2D eigenvalue weighted by molar-refractivity contribution is 0.227. The molecule has 82 valence electrons. The van der Waals surface area contributed by atoms with E-state index in [9.17, 15) is 0 Å². The predicted octanol–water partition coefficient (Wildman–Crippen LogP) is 3.20. The van der Waals surface area contributed by atoms with Gasteiger partial charge in [0.15, 0.2) is 0 Å². The molecule has 0 bridgehead atoms. The Labute approximate surface area is 88.7 Å². The van der Waals surface area contributed by atoms with E-state index in [1.807, 2.05) is 0 Å². The highest BCUT2D eigenvalue weighted by molar-refractivity contribution is 4.85. The highest BCUT2D eigenvalue weighted by atomic mass is 14.9. The Balaban J connectivity index is 1.79. The van der Waals surface area contributed by atoms with Gasteiger partial charge in [-0.1, -0.05) is 32.6 Å². The van der Waals surface area contributed by atoms with Gasteiger partial charge in [0.2, 0.25) is 0 Å². The van der Waals surface area contributed by atoms with Crippen molar-refractivity contribution in [3.63, 3.8) is 0 Å². The van der Waals surface area contributed by atoms with E-state index < -0.39 is 0 Å². The molecule has 1 N–H and O–H groups in total. The Kier molecular flexibility index (Phi) is 3.48. The van der Waals surface area contributed by atoms with Crippen LogP contribution in [0.3, 0.4) is 0 Å². The third-order valence-corrected chi connectivity index (χ3v) is 4.49. The maximum atomic E-state index is 3.56. The summed E-state index contributed by atoms with van der Waals surface area (Å²) in [5.41, 5.74) is 0. The van der Waals surface area contributed by atoms with Gasteiger partial charge in [0, 0.05) is 6.04 Å². The molecule has 2 aliphatic carbocycles. The van der Waals surface area contributed by atoms with Crippen molar-refractivity contribution in [3.05, 3.63) is 0 Å². The molecule has 0 amide bonds. The molecule has 0 aliphatic heterocycles. The van der Waals surface area contributed by atoms with Crippen molar-refractivity contribution >= 4 is 0 Å². The highest BCUT2D eigenvalue weighted by Gasteiger charge is 2.30. The van der Waals surface area contributed by atoms with Crippen LogP contribution in [-0.2, 0) is 0 Å². The van der Waals surface area contributed by atoms with Crippen LogP contribution in [0.1, 0.15) is 51.9 Å². The Morgan fingerprint density at radius 2 is 2.00 bits per heavy atom. The van der Waals surface area contributed by atoms with E-state index in [-0.39, 0.29) is 0 Å². The standard InChI is InChI=1S/C13H25N/c1-10-6-7-12(8-10)13(14-2)9-11-4-3-5-11/h10-14H,3-9H2,1-2H3. The summed E-state index contributed by atoms with van der Waals surface area (Å²) in [6.45, 7) is 2.41. The average molecular weight is 195 g/mol. The molecule has 2 aliphatic rings. The zero-order chi connectivity index (χ0) is 9.97. The summed E-state index contributed by atoms with van der Waals surface area (Å²) in [6, 6.07) is 0.824. The summed E-state index contributed by atoms with van der Waals surface area (Å²) in [5.74, 6) is 3.02. The molecule has 0 aromatic carbocycles. The maximum absolute atomic E-state index is 3.56. The molecule has 0 saturated heterocycles. The predicted molar refractivity (Wildman–Crippen MR) is 61.3 cm³/mol. The van der Waals surface area contributed by atoms with Gasteiger partial charge in [-0.05, 0) is 44.1 Å². The van der Waals surface area contributed by atoms with E-state index in [1.165, 1.54) is 44.9 Å². The highest BCUT2D eigenvalue weighted by Crippen LogP contribution is 2.38. The van der Waals surface area contributed by atoms with Crippen molar-refractivity contribution in [1.82, 2.24) is 5.32 Å². The number of nitrogens with one attached hydrogen (secondary N) is 1. The molecule has 14 heavy (non-hydrogen) atoms. The molecule has 0 aromatic heterocycles. The summed E-state index contributed by atoms with van der Waals surface area (Å²) in [4.78, 5) is 0. The molecular formula is C13H25N. The second kappa shape index (κ2) is 4.65. The van der Waals surface area contributed by atoms with Crippen molar-refractivity contribution in [2.45, 2.75) is 57.9 Å². The van der Waals surface area contributed by atoms with Gasteiger partial charge in [-0.25, -0.2) is 0 Å². The van der Waals surface area contributed by atoms with Gasteiger partial charge in [0.25, 0.3) is 0 Å². The molecule has 0 heterocycles. The molecule has 0 aromatic rings. The Morgan fingerprint density at radius 3 is 2.43 bits per heavy atom. The third kappa shape index (κ3) is 2.31. The molecule has 2 fully saturated rings. The van der Waals surface area contributed by atoms with Gasteiger partial charge in [-0.3, -0.25) is 0 Å². The van der Waals surface area contributed by atoms with Gasteiger partial charge in [-0.2, -0.15) is 0 Å². The molecule has 0 spiro atoms. The number of rotatable bonds is 4. The van der Waals surface area contributed by atoms with Crippen LogP contribution in [-0.4, -0.2) is 13.1 Å². The second-order valence-corrected chi connectivity index (χ2v) is 5.61. The molecule has 3 atom stereocenters. The van der Waals surface area contributed by atoms with E-state index in [1.54, 1.807) is 0 Å². The minimum atomic E-state index is 0.824. The van der Waals surface area contributed by atoms with Crippen LogP contribution in [0.25, 0.3) is 0 Å². The number of hydrogen-bond donors (Lipinski definition) is 1. The minimum Gasteiger partial charge on any atom is -0.317 e. The molecular weight excluding hydrogens is 170 g/mol. The minimum absolute atomic E-state index is 0.824. The topological polar surface area (TPSA) is 12.0 Å². The van der Waals surface area contributed by atoms with Crippen LogP contribution in [0.4, 0.5) is 0 Å². The van der Waals surface area contributed by atoms with Crippen molar-refractivity contribution in [1.29, 1.82) is 0 Å². The summed E-state index contributed by atoms with van der Waals surface area (Å²) in [7, 11) is 2.16. The van der Waals surface area contributed by atoms with Crippen LogP contribution >= 0.6 is 0 Å². The maximum Gasteiger partial charge on any atom is 0.00950 e. The van der Waals surface area contributed by atoms with Gasteiger partial charge < -0.3 is 5.32 Å². The first-order valence-electron chi connectivity index (χ1n) is 6.47. The Morgan fingerprint density at radius 1 is 1.21 bits per heavy atom. The molecule has 1 heteroatoms. The lowest BCUT2D eigenvalue weighted by Gasteiger charge is -2.32. The third-order valence-electron chi connectivity index (χ3n) is 4.49. The zero-order valence-corrected chi connectivity index (χ0v) is 9.76. The number of hydrogen-bond acceptors (Lipinski definition) is 1. The summed E-state index contributed by atoms with van der Waals surface area (Å²) < 4.78 is 0. The second-order valence-electron chi connectivity index (χ2n) is 5.61. The van der Waals surface area contributed by atoms with Crippen molar-refractivity contribution < 1.29 is 0 Å². The van der Waals surface area contributed by atoms with Gasteiger partial charge in [-0.15, -0.1) is 0 Å². The molecule has 2 saturated carbocycles. The lowest BCUT2D eigenvalue weighted by atomic mass is 9.78. The summed E-state index contributed by atoms with van der Waals surface area (Å²) in [5, 5.41) is 3.56. The summed E-state index contributed by atoms with van der Waals surface area (Å²) in [6.07, 6.45) is 10.3. The lowest BCUT2D eigenvalue weighted by Crippen LogP contribution is -2.35. The average Bonchev–Trinajstić information content (AvgIpc) is 2.50. The van der Waals surface area contributed by atoms with E-state index in [2.05, 4.69) is 19.3 Å². The molecule has 3 unspecified atom stereocenters. The first-order valence-corrected chi connectivity index (χ1v) is 6.47. The van der Waals surface area contributed by atoms with E-state index in [0.717, 1.165) is 23.8 Å². The van der Waals surface area contributed by atoms with E-state index >= 15 is 0 Å². The molecule has 0 radical (unpaired) electrons. The first kappa shape index (κ1) is 10.5. The van der Waals surface area contributed by atoms with Gasteiger partial charge in [0.05, 0.1) is 0 Å². The normalized spacial score (nSPS) is 35.6. The van der Waals surface area contributed by atoms with Crippen LogP contribution in [0.2, 0.25) is 0 Å². The Bertz CT molecular complexity index is 174. The molecule has 1 nitrogen and oxygen atoms in total. The fourth-order valence-corrected chi connectivity index (χ4v) is 3.25. The van der Waals surface area contributed by atoms with Crippen molar-refractivity contribution in [2.24, 2.45) is 17.8 Å². The Hall–Kier alpha value is -0.0400. The largest absolute Gasteiger partial charge is 0.317 e.